The van der Waals surface area contributed by atoms with Crippen molar-refractivity contribution in [3.8, 4) is 0 Å². The highest BCUT2D eigenvalue weighted by Crippen LogP contribution is 2.30. The maximum Gasteiger partial charge on any atom is 0.433 e. The summed E-state index contributed by atoms with van der Waals surface area (Å²) in [7, 11) is 0. The number of rotatable bonds is 1. The minimum Gasteiger partial charge on any atom is -0.251 e. The highest BCUT2D eigenvalue weighted by atomic mass is 32.2. The van der Waals surface area contributed by atoms with Crippen molar-refractivity contribution < 1.29 is 13.2 Å². The molecule has 0 bridgehead atoms. The molecule has 0 aliphatic carbocycles. The van der Waals surface area contributed by atoms with Gasteiger partial charge in [0.15, 0.2) is 0 Å². The number of aromatic nitrogens is 1. The van der Waals surface area contributed by atoms with E-state index in [1.807, 2.05) is 0 Å². The molecule has 0 unspecified atom stereocenters. The lowest BCUT2D eigenvalue weighted by Crippen LogP contribution is -2.08. The molecule has 0 amide bonds. The maximum atomic E-state index is 12.1. The van der Waals surface area contributed by atoms with Gasteiger partial charge in [0.25, 0.3) is 0 Å². The highest BCUT2D eigenvalue weighted by molar-refractivity contribution is 7.98. The van der Waals surface area contributed by atoms with Crippen LogP contribution in [0, 0.1) is 6.92 Å². The predicted molar refractivity (Wildman–Crippen MR) is 45.8 cm³/mol. The molecule has 0 aliphatic rings. The summed E-state index contributed by atoms with van der Waals surface area (Å²) in [5.41, 5.74) is -0.224. The van der Waals surface area contributed by atoms with Crippen LogP contribution in [0.4, 0.5) is 13.2 Å². The van der Waals surface area contributed by atoms with Gasteiger partial charge in [0.1, 0.15) is 5.69 Å². The average Bonchev–Trinajstić information content (AvgIpc) is 2.02. The number of nitrogens with zero attached hydrogens (tertiary/aromatic N) is 1. The van der Waals surface area contributed by atoms with E-state index >= 15 is 0 Å². The van der Waals surface area contributed by atoms with Gasteiger partial charge < -0.3 is 0 Å². The first-order chi connectivity index (χ1) is 5.95. The monoisotopic (exact) mass is 207 g/mol. The second-order valence-corrected chi connectivity index (χ2v) is 3.38. The third kappa shape index (κ3) is 2.37. The summed E-state index contributed by atoms with van der Waals surface area (Å²) in [6, 6.07) is 1.06. The molecule has 0 radical (unpaired) electrons. The zero-order valence-electron chi connectivity index (χ0n) is 7.14. The topological polar surface area (TPSA) is 12.9 Å². The van der Waals surface area contributed by atoms with Gasteiger partial charge in [-0.3, -0.25) is 4.98 Å². The number of thioether (sulfide) groups is 1. The minimum atomic E-state index is -4.35. The Morgan fingerprint density at radius 3 is 2.38 bits per heavy atom. The van der Waals surface area contributed by atoms with Crippen molar-refractivity contribution in [3.63, 3.8) is 0 Å². The van der Waals surface area contributed by atoms with E-state index in [0.29, 0.717) is 5.56 Å². The van der Waals surface area contributed by atoms with Crippen LogP contribution in [0.5, 0.6) is 0 Å². The van der Waals surface area contributed by atoms with Crippen LogP contribution >= 0.6 is 11.8 Å². The van der Waals surface area contributed by atoms with Crippen LogP contribution in [-0.4, -0.2) is 11.2 Å². The van der Waals surface area contributed by atoms with E-state index in [-0.39, 0.29) is 0 Å². The number of hydrogen-bond donors (Lipinski definition) is 0. The largest absolute Gasteiger partial charge is 0.433 e. The van der Waals surface area contributed by atoms with Crippen LogP contribution in [-0.2, 0) is 6.18 Å². The van der Waals surface area contributed by atoms with Crippen molar-refractivity contribution in [2.24, 2.45) is 0 Å². The Bertz CT molecular complexity index is 309. The van der Waals surface area contributed by atoms with Gasteiger partial charge in [-0.15, -0.1) is 11.8 Å². The van der Waals surface area contributed by atoms with Gasteiger partial charge >= 0.3 is 6.18 Å². The Labute approximate surface area is 78.4 Å². The molecule has 1 aromatic heterocycles. The van der Waals surface area contributed by atoms with Crippen LogP contribution in [0.2, 0.25) is 0 Å². The van der Waals surface area contributed by atoms with Crippen molar-refractivity contribution in [2.75, 3.05) is 6.26 Å². The third-order valence-corrected chi connectivity index (χ3v) is 2.44. The van der Waals surface area contributed by atoms with Gasteiger partial charge in [0.05, 0.1) is 0 Å². The number of aryl methyl sites for hydroxylation is 1. The summed E-state index contributed by atoms with van der Waals surface area (Å²) in [6.07, 6.45) is -1.29. The van der Waals surface area contributed by atoms with Crippen LogP contribution in [0.25, 0.3) is 0 Å². The standard InChI is InChI=1S/C8H8F3NS/c1-5-3-7(8(9,10)11)12-4-6(5)13-2/h3-4H,1-2H3. The molecule has 13 heavy (non-hydrogen) atoms. The van der Waals surface area contributed by atoms with Crippen LogP contribution in [0.15, 0.2) is 17.2 Å². The third-order valence-electron chi connectivity index (χ3n) is 1.57. The van der Waals surface area contributed by atoms with Crippen LogP contribution in [0.3, 0.4) is 0 Å². The van der Waals surface area contributed by atoms with Gasteiger partial charge in [-0.1, -0.05) is 0 Å². The second-order valence-electron chi connectivity index (χ2n) is 2.54. The Hall–Kier alpha value is -0.710. The molecule has 0 aliphatic heterocycles. The fraction of sp³-hybridized carbons (Fsp3) is 0.375. The molecular formula is C8H8F3NS. The minimum absolute atomic E-state index is 0.606. The molecule has 0 aromatic carbocycles. The summed E-state index contributed by atoms with van der Waals surface area (Å²) in [5, 5.41) is 0. The Kier molecular flexibility index (Phi) is 2.85. The molecule has 0 saturated heterocycles. The molecule has 5 heteroatoms. The number of pyridine rings is 1. The lowest BCUT2D eigenvalue weighted by molar-refractivity contribution is -0.141. The number of alkyl halides is 3. The molecule has 0 spiro atoms. The first-order valence-corrected chi connectivity index (χ1v) is 4.75. The molecule has 0 fully saturated rings. The molecule has 0 saturated carbocycles. The van der Waals surface area contributed by atoms with Crippen molar-refractivity contribution in [1.29, 1.82) is 0 Å². The lowest BCUT2D eigenvalue weighted by atomic mass is 10.2. The zero-order valence-corrected chi connectivity index (χ0v) is 7.96. The molecular weight excluding hydrogens is 199 g/mol. The van der Waals surface area contributed by atoms with Gasteiger partial charge in [0.2, 0.25) is 0 Å². The molecule has 72 valence electrons. The van der Waals surface area contributed by atoms with Crippen molar-refractivity contribution >= 4 is 11.8 Å². The van der Waals surface area contributed by atoms with E-state index in [1.54, 1.807) is 13.2 Å². The molecule has 0 N–H and O–H groups in total. The summed E-state index contributed by atoms with van der Waals surface area (Å²) in [6.45, 7) is 1.64. The highest BCUT2D eigenvalue weighted by Gasteiger charge is 2.32. The fourth-order valence-electron chi connectivity index (χ4n) is 0.912. The van der Waals surface area contributed by atoms with Crippen molar-refractivity contribution in [3.05, 3.63) is 23.5 Å². The Balaban J connectivity index is 3.10. The van der Waals surface area contributed by atoms with Crippen LogP contribution < -0.4 is 0 Å². The number of hydrogen-bond acceptors (Lipinski definition) is 2. The summed E-state index contributed by atoms with van der Waals surface area (Å²) in [4.78, 5) is 4.11. The molecule has 1 heterocycles. The maximum absolute atomic E-state index is 12.1. The van der Waals surface area contributed by atoms with E-state index in [9.17, 15) is 13.2 Å². The quantitative estimate of drug-likeness (QED) is 0.656. The van der Waals surface area contributed by atoms with Gasteiger partial charge in [-0.25, -0.2) is 0 Å². The van der Waals surface area contributed by atoms with Crippen molar-refractivity contribution in [2.45, 2.75) is 18.0 Å². The lowest BCUT2D eigenvalue weighted by Gasteiger charge is -2.07. The first-order valence-electron chi connectivity index (χ1n) is 3.53. The van der Waals surface area contributed by atoms with E-state index in [1.165, 1.54) is 18.0 Å². The van der Waals surface area contributed by atoms with E-state index < -0.39 is 11.9 Å². The van der Waals surface area contributed by atoms with Gasteiger partial charge in [-0.05, 0) is 24.8 Å². The van der Waals surface area contributed by atoms with E-state index in [0.717, 1.165) is 11.0 Å². The van der Waals surface area contributed by atoms with E-state index in [2.05, 4.69) is 4.98 Å². The first kappa shape index (κ1) is 10.4. The van der Waals surface area contributed by atoms with E-state index in [4.69, 9.17) is 0 Å². The summed E-state index contributed by atoms with van der Waals surface area (Å²) in [5.74, 6) is 0. The number of halogens is 3. The normalized spacial score (nSPS) is 11.8. The summed E-state index contributed by atoms with van der Waals surface area (Å²) < 4.78 is 36.4. The van der Waals surface area contributed by atoms with Crippen LogP contribution in [0.1, 0.15) is 11.3 Å². The molecule has 1 aromatic rings. The average molecular weight is 207 g/mol. The molecule has 1 rings (SSSR count). The van der Waals surface area contributed by atoms with Gasteiger partial charge in [-0.2, -0.15) is 13.2 Å². The summed E-state index contributed by atoms with van der Waals surface area (Å²) >= 11 is 1.38. The Morgan fingerprint density at radius 1 is 1.38 bits per heavy atom. The predicted octanol–water partition coefficient (Wildman–Crippen LogP) is 3.13. The van der Waals surface area contributed by atoms with Gasteiger partial charge in [0, 0.05) is 11.1 Å². The molecule has 0 atom stereocenters. The Morgan fingerprint density at radius 2 is 2.00 bits per heavy atom. The smallest absolute Gasteiger partial charge is 0.251 e. The molecule has 1 nitrogen and oxygen atoms in total. The van der Waals surface area contributed by atoms with Crippen molar-refractivity contribution in [1.82, 2.24) is 4.98 Å². The SMILES string of the molecule is CSc1cnc(C(F)(F)F)cc1C. The fourth-order valence-corrected chi connectivity index (χ4v) is 1.45. The second kappa shape index (κ2) is 3.57. The zero-order chi connectivity index (χ0) is 10.1.